The van der Waals surface area contributed by atoms with E-state index in [9.17, 15) is 4.79 Å². The molecule has 21 heavy (non-hydrogen) atoms. The zero-order valence-electron chi connectivity index (χ0n) is 12.2. The minimum absolute atomic E-state index is 0.0764. The van der Waals surface area contributed by atoms with Gasteiger partial charge in [-0.2, -0.15) is 0 Å². The predicted octanol–water partition coefficient (Wildman–Crippen LogP) is 4.36. The summed E-state index contributed by atoms with van der Waals surface area (Å²) in [6.45, 7) is 4.28. The largest absolute Gasteiger partial charge is 0.493 e. The van der Waals surface area contributed by atoms with Crippen molar-refractivity contribution in [1.29, 1.82) is 0 Å². The molecule has 1 amide bonds. The third-order valence-corrected chi connectivity index (χ3v) is 3.32. The Morgan fingerprint density at radius 1 is 1.14 bits per heavy atom. The van der Waals surface area contributed by atoms with Gasteiger partial charge in [-0.3, -0.25) is 4.79 Å². The van der Waals surface area contributed by atoms with Crippen molar-refractivity contribution in [3.63, 3.8) is 0 Å². The maximum absolute atomic E-state index is 11.9. The van der Waals surface area contributed by atoms with E-state index in [-0.39, 0.29) is 5.91 Å². The average Bonchev–Trinajstić information content (AvgIpc) is 2.44. The van der Waals surface area contributed by atoms with Crippen LogP contribution in [-0.4, -0.2) is 12.5 Å². The van der Waals surface area contributed by atoms with Crippen molar-refractivity contribution in [1.82, 2.24) is 0 Å². The van der Waals surface area contributed by atoms with Gasteiger partial charge in [0.1, 0.15) is 5.75 Å². The first kappa shape index (κ1) is 15.4. The molecule has 0 fully saturated rings. The van der Waals surface area contributed by atoms with Crippen molar-refractivity contribution in [3.8, 4) is 5.75 Å². The lowest BCUT2D eigenvalue weighted by molar-refractivity contribution is -0.116. The van der Waals surface area contributed by atoms with Crippen molar-refractivity contribution < 1.29 is 9.53 Å². The second kappa shape index (κ2) is 7.14. The first-order valence-electron chi connectivity index (χ1n) is 6.80. The highest BCUT2D eigenvalue weighted by molar-refractivity contribution is 6.30. The molecule has 2 aromatic rings. The van der Waals surface area contributed by atoms with E-state index in [4.69, 9.17) is 16.3 Å². The van der Waals surface area contributed by atoms with E-state index in [1.165, 1.54) is 5.56 Å². The molecule has 0 saturated heterocycles. The number of ether oxygens (including phenoxy) is 1. The number of carbonyl (C=O) groups excluding carboxylic acids is 1. The Balaban J connectivity index is 1.81. The van der Waals surface area contributed by atoms with E-state index in [1.54, 1.807) is 12.1 Å². The highest BCUT2D eigenvalue weighted by Crippen LogP contribution is 2.19. The first-order chi connectivity index (χ1) is 10.0. The van der Waals surface area contributed by atoms with Crippen LogP contribution in [0.2, 0.25) is 5.02 Å². The number of aryl methyl sites for hydroxylation is 2. The SMILES string of the molecule is Cc1ccc(OCCC(=O)Nc2ccc(Cl)cc2C)cc1. The Morgan fingerprint density at radius 2 is 1.86 bits per heavy atom. The number of amides is 1. The van der Waals surface area contributed by atoms with Crippen LogP contribution >= 0.6 is 11.6 Å². The summed E-state index contributed by atoms with van der Waals surface area (Å²) >= 11 is 5.88. The van der Waals surface area contributed by atoms with E-state index in [0.29, 0.717) is 18.1 Å². The van der Waals surface area contributed by atoms with Gasteiger partial charge in [0.15, 0.2) is 0 Å². The van der Waals surface area contributed by atoms with Crippen LogP contribution in [0.25, 0.3) is 0 Å². The van der Waals surface area contributed by atoms with Gasteiger partial charge in [-0.15, -0.1) is 0 Å². The third-order valence-electron chi connectivity index (χ3n) is 3.08. The molecule has 2 rings (SSSR count). The minimum atomic E-state index is -0.0764. The van der Waals surface area contributed by atoms with Crippen LogP contribution in [0.1, 0.15) is 17.5 Å². The lowest BCUT2D eigenvalue weighted by Crippen LogP contribution is -2.15. The monoisotopic (exact) mass is 303 g/mol. The minimum Gasteiger partial charge on any atom is -0.493 e. The molecule has 0 aliphatic carbocycles. The van der Waals surface area contributed by atoms with Crippen molar-refractivity contribution in [2.24, 2.45) is 0 Å². The molecule has 0 atom stereocenters. The Bertz CT molecular complexity index is 623. The lowest BCUT2D eigenvalue weighted by Gasteiger charge is -2.09. The van der Waals surface area contributed by atoms with Crippen molar-refractivity contribution in [2.45, 2.75) is 20.3 Å². The number of halogens is 1. The molecular weight excluding hydrogens is 286 g/mol. The van der Waals surface area contributed by atoms with Gasteiger partial charge >= 0.3 is 0 Å². The van der Waals surface area contributed by atoms with Gasteiger partial charge in [0.25, 0.3) is 0 Å². The van der Waals surface area contributed by atoms with E-state index in [0.717, 1.165) is 17.0 Å². The molecule has 0 aliphatic rings. The number of hydrogen-bond donors (Lipinski definition) is 1. The maximum Gasteiger partial charge on any atom is 0.227 e. The molecule has 0 radical (unpaired) electrons. The van der Waals surface area contributed by atoms with Crippen LogP contribution in [-0.2, 0) is 4.79 Å². The average molecular weight is 304 g/mol. The van der Waals surface area contributed by atoms with Crippen molar-refractivity contribution in [3.05, 3.63) is 58.6 Å². The number of anilines is 1. The number of nitrogens with one attached hydrogen (secondary N) is 1. The van der Waals surface area contributed by atoms with E-state index in [1.807, 2.05) is 44.2 Å². The Labute approximate surface area is 129 Å². The molecule has 0 aromatic heterocycles. The number of rotatable bonds is 5. The number of carbonyl (C=O) groups is 1. The molecule has 0 unspecified atom stereocenters. The summed E-state index contributed by atoms with van der Waals surface area (Å²) in [4.78, 5) is 11.9. The van der Waals surface area contributed by atoms with Crippen molar-refractivity contribution >= 4 is 23.2 Å². The maximum atomic E-state index is 11.9. The summed E-state index contributed by atoms with van der Waals surface area (Å²) in [5.41, 5.74) is 2.90. The van der Waals surface area contributed by atoms with Crippen molar-refractivity contribution in [2.75, 3.05) is 11.9 Å². The quantitative estimate of drug-likeness (QED) is 0.891. The normalized spacial score (nSPS) is 10.2. The van der Waals surface area contributed by atoms with Gasteiger partial charge in [-0.25, -0.2) is 0 Å². The summed E-state index contributed by atoms with van der Waals surface area (Å²) in [6.07, 6.45) is 0.302. The van der Waals surface area contributed by atoms with Crippen LogP contribution in [0.4, 0.5) is 5.69 Å². The van der Waals surface area contributed by atoms with Crippen LogP contribution < -0.4 is 10.1 Å². The molecule has 4 heteroatoms. The summed E-state index contributed by atoms with van der Waals surface area (Å²) in [6, 6.07) is 13.1. The lowest BCUT2D eigenvalue weighted by atomic mass is 10.2. The Morgan fingerprint density at radius 3 is 2.52 bits per heavy atom. The standard InChI is InChI=1S/C17H18ClNO2/c1-12-3-6-15(7-4-12)21-10-9-17(20)19-16-8-5-14(18)11-13(16)2/h3-8,11H,9-10H2,1-2H3,(H,19,20). The van der Waals surface area contributed by atoms with E-state index in [2.05, 4.69) is 5.32 Å². The van der Waals surface area contributed by atoms with Gasteiger partial charge in [-0.05, 0) is 49.7 Å². The van der Waals surface area contributed by atoms with Gasteiger partial charge in [-0.1, -0.05) is 29.3 Å². The predicted molar refractivity (Wildman–Crippen MR) is 86.1 cm³/mol. The van der Waals surface area contributed by atoms with Crippen LogP contribution in [0.5, 0.6) is 5.75 Å². The van der Waals surface area contributed by atoms with Crippen LogP contribution in [0, 0.1) is 13.8 Å². The molecule has 0 spiro atoms. The summed E-state index contributed by atoms with van der Waals surface area (Å²) in [5.74, 6) is 0.698. The summed E-state index contributed by atoms with van der Waals surface area (Å²) in [7, 11) is 0. The molecule has 0 bridgehead atoms. The van der Waals surface area contributed by atoms with Gasteiger partial charge < -0.3 is 10.1 Å². The smallest absolute Gasteiger partial charge is 0.227 e. The summed E-state index contributed by atoms with van der Waals surface area (Å²) < 4.78 is 5.54. The first-order valence-corrected chi connectivity index (χ1v) is 7.18. The Hall–Kier alpha value is -2.00. The third kappa shape index (κ3) is 4.80. The molecule has 0 aliphatic heterocycles. The van der Waals surface area contributed by atoms with Crippen LogP contribution in [0.3, 0.4) is 0 Å². The summed E-state index contributed by atoms with van der Waals surface area (Å²) in [5, 5.41) is 3.52. The Kier molecular flexibility index (Phi) is 5.23. The zero-order valence-corrected chi connectivity index (χ0v) is 12.9. The fraction of sp³-hybridized carbons (Fsp3) is 0.235. The van der Waals surface area contributed by atoms with Gasteiger partial charge in [0.05, 0.1) is 13.0 Å². The van der Waals surface area contributed by atoms with Gasteiger partial charge in [0.2, 0.25) is 5.91 Å². The molecule has 1 N–H and O–H groups in total. The molecule has 110 valence electrons. The molecule has 3 nitrogen and oxygen atoms in total. The molecule has 0 heterocycles. The molecule has 0 saturated carbocycles. The highest BCUT2D eigenvalue weighted by Gasteiger charge is 2.05. The fourth-order valence-electron chi connectivity index (χ4n) is 1.88. The molecular formula is C17H18ClNO2. The second-order valence-electron chi connectivity index (χ2n) is 4.92. The fourth-order valence-corrected chi connectivity index (χ4v) is 2.10. The van der Waals surface area contributed by atoms with E-state index < -0.39 is 0 Å². The van der Waals surface area contributed by atoms with E-state index >= 15 is 0 Å². The number of benzene rings is 2. The van der Waals surface area contributed by atoms with Gasteiger partial charge in [0, 0.05) is 10.7 Å². The number of hydrogen-bond acceptors (Lipinski definition) is 2. The second-order valence-corrected chi connectivity index (χ2v) is 5.36. The topological polar surface area (TPSA) is 38.3 Å². The highest BCUT2D eigenvalue weighted by atomic mass is 35.5. The zero-order chi connectivity index (χ0) is 15.2. The van der Waals surface area contributed by atoms with Crippen LogP contribution in [0.15, 0.2) is 42.5 Å². The molecule has 2 aromatic carbocycles.